The van der Waals surface area contributed by atoms with E-state index >= 15 is 0 Å². The molecule has 2 unspecified atom stereocenters. The molecule has 0 spiro atoms. The highest BCUT2D eigenvalue weighted by atomic mass is 14.5. The van der Waals surface area contributed by atoms with Gasteiger partial charge in [0, 0.05) is 0 Å². The number of rotatable bonds is 5. The average molecular weight is 344 g/mol. The van der Waals surface area contributed by atoms with Gasteiger partial charge in [-0.15, -0.1) is 0 Å². The third kappa shape index (κ3) is 4.61. The molecule has 1 nitrogen and oxygen atoms in total. The number of nitriles is 1. The Morgan fingerprint density at radius 1 is 0.800 bits per heavy atom. The Labute approximate surface area is 157 Å². The SMILES string of the molecule is CCCC1(C#N)CCCC(C2CCC([C@H]3CC[C@H](CC)CC3)CC2)C1. The van der Waals surface area contributed by atoms with Gasteiger partial charge < -0.3 is 0 Å². The van der Waals surface area contributed by atoms with E-state index in [1.807, 2.05) is 0 Å². The highest BCUT2D eigenvalue weighted by Crippen LogP contribution is 2.50. The fourth-order valence-corrected chi connectivity index (χ4v) is 6.83. The molecule has 3 aliphatic carbocycles. The Balaban J connectivity index is 1.48. The molecule has 25 heavy (non-hydrogen) atoms. The van der Waals surface area contributed by atoms with Crippen molar-refractivity contribution in [3.05, 3.63) is 0 Å². The lowest BCUT2D eigenvalue weighted by Gasteiger charge is -2.43. The van der Waals surface area contributed by atoms with Gasteiger partial charge in [0.15, 0.2) is 0 Å². The van der Waals surface area contributed by atoms with Gasteiger partial charge in [-0.25, -0.2) is 0 Å². The molecular formula is C24H41N. The average Bonchev–Trinajstić information content (AvgIpc) is 2.68. The van der Waals surface area contributed by atoms with E-state index in [9.17, 15) is 5.26 Å². The molecule has 3 aliphatic rings. The largest absolute Gasteiger partial charge is 0.198 e. The van der Waals surface area contributed by atoms with E-state index in [4.69, 9.17) is 0 Å². The van der Waals surface area contributed by atoms with Crippen molar-refractivity contribution in [1.29, 1.82) is 5.26 Å². The molecule has 3 rings (SSSR count). The van der Waals surface area contributed by atoms with Gasteiger partial charge in [0.1, 0.15) is 0 Å². The Morgan fingerprint density at radius 2 is 1.36 bits per heavy atom. The van der Waals surface area contributed by atoms with Gasteiger partial charge in [-0.1, -0.05) is 52.4 Å². The number of hydrogen-bond acceptors (Lipinski definition) is 1. The van der Waals surface area contributed by atoms with Crippen LogP contribution >= 0.6 is 0 Å². The molecule has 142 valence electrons. The van der Waals surface area contributed by atoms with Crippen LogP contribution in [0.25, 0.3) is 0 Å². The second-order valence-electron chi connectivity index (χ2n) is 9.86. The summed E-state index contributed by atoms with van der Waals surface area (Å²) in [6, 6.07) is 2.76. The van der Waals surface area contributed by atoms with E-state index in [1.54, 1.807) is 0 Å². The molecule has 0 aromatic heterocycles. The molecule has 0 aliphatic heterocycles. The van der Waals surface area contributed by atoms with Crippen molar-refractivity contribution in [2.45, 2.75) is 110 Å². The summed E-state index contributed by atoms with van der Waals surface area (Å²) in [5.41, 5.74) is 0.0348. The summed E-state index contributed by atoms with van der Waals surface area (Å²) < 4.78 is 0. The van der Waals surface area contributed by atoms with Crippen molar-refractivity contribution in [3.8, 4) is 6.07 Å². The molecule has 0 saturated heterocycles. The van der Waals surface area contributed by atoms with E-state index in [0.29, 0.717) is 0 Å². The van der Waals surface area contributed by atoms with Gasteiger partial charge in [-0.2, -0.15) is 5.26 Å². The molecule has 0 N–H and O–H groups in total. The smallest absolute Gasteiger partial charge is 0.0689 e. The van der Waals surface area contributed by atoms with Crippen LogP contribution in [0.5, 0.6) is 0 Å². The molecule has 1 heteroatoms. The predicted octanol–water partition coefficient (Wildman–Crippen LogP) is 7.51. The van der Waals surface area contributed by atoms with Crippen molar-refractivity contribution in [1.82, 2.24) is 0 Å². The van der Waals surface area contributed by atoms with Crippen molar-refractivity contribution < 1.29 is 0 Å². The second-order valence-corrected chi connectivity index (χ2v) is 9.86. The standard InChI is InChI=1S/C24H41N/c1-3-15-24(18-25)16-5-6-23(17-24)22-13-11-21(12-14-22)20-9-7-19(4-2)8-10-20/h19-23H,3-17H2,1-2H3/t19-,20-,21?,22?,23?,24?. The summed E-state index contributed by atoms with van der Waals surface area (Å²) in [5.74, 6) is 4.92. The van der Waals surface area contributed by atoms with Crippen LogP contribution in [0.4, 0.5) is 0 Å². The van der Waals surface area contributed by atoms with Crippen LogP contribution in [-0.4, -0.2) is 0 Å². The van der Waals surface area contributed by atoms with Crippen LogP contribution in [-0.2, 0) is 0 Å². The molecular weight excluding hydrogens is 302 g/mol. The van der Waals surface area contributed by atoms with Crippen LogP contribution in [0.1, 0.15) is 110 Å². The van der Waals surface area contributed by atoms with Crippen molar-refractivity contribution in [2.24, 2.45) is 35.0 Å². The molecule has 0 heterocycles. The Morgan fingerprint density at radius 3 is 1.88 bits per heavy atom. The van der Waals surface area contributed by atoms with Crippen LogP contribution < -0.4 is 0 Å². The lowest BCUT2D eigenvalue weighted by atomic mass is 9.61. The topological polar surface area (TPSA) is 23.8 Å². The third-order valence-electron chi connectivity index (χ3n) is 8.47. The van der Waals surface area contributed by atoms with E-state index in [1.165, 1.54) is 89.9 Å². The summed E-state index contributed by atoms with van der Waals surface area (Å²) in [6.07, 6.45) is 20.8. The first-order chi connectivity index (χ1) is 12.2. The van der Waals surface area contributed by atoms with Gasteiger partial charge in [0.05, 0.1) is 11.5 Å². The Kier molecular flexibility index (Phi) is 6.87. The quantitative estimate of drug-likeness (QED) is 0.506. The zero-order valence-electron chi connectivity index (χ0n) is 16.9. The van der Waals surface area contributed by atoms with Gasteiger partial charge >= 0.3 is 0 Å². The first-order valence-electron chi connectivity index (χ1n) is 11.6. The summed E-state index contributed by atoms with van der Waals surface area (Å²) in [7, 11) is 0. The van der Waals surface area contributed by atoms with Crippen LogP contribution in [0.2, 0.25) is 0 Å². The first-order valence-corrected chi connectivity index (χ1v) is 11.6. The number of hydrogen-bond donors (Lipinski definition) is 0. The highest BCUT2D eigenvalue weighted by molar-refractivity contribution is 5.03. The van der Waals surface area contributed by atoms with E-state index in [2.05, 4.69) is 19.9 Å². The van der Waals surface area contributed by atoms with Gasteiger partial charge in [0.25, 0.3) is 0 Å². The lowest BCUT2D eigenvalue weighted by Crippen LogP contribution is -2.34. The van der Waals surface area contributed by atoms with Gasteiger partial charge in [0.2, 0.25) is 0 Å². The summed E-state index contributed by atoms with van der Waals surface area (Å²) >= 11 is 0. The normalized spacial score (nSPS) is 42.7. The molecule has 3 saturated carbocycles. The molecule has 2 atom stereocenters. The molecule has 3 fully saturated rings. The second kappa shape index (κ2) is 8.92. The Hall–Kier alpha value is -0.510. The van der Waals surface area contributed by atoms with Crippen molar-refractivity contribution >= 4 is 0 Å². The van der Waals surface area contributed by atoms with E-state index in [-0.39, 0.29) is 5.41 Å². The Bertz CT molecular complexity index is 430. The fraction of sp³-hybridized carbons (Fsp3) is 0.958. The van der Waals surface area contributed by atoms with E-state index < -0.39 is 0 Å². The van der Waals surface area contributed by atoms with Gasteiger partial charge in [-0.3, -0.25) is 0 Å². The molecule has 0 radical (unpaired) electrons. The summed E-state index contributed by atoms with van der Waals surface area (Å²) in [5, 5.41) is 9.79. The monoisotopic (exact) mass is 343 g/mol. The minimum Gasteiger partial charge on any atom is -0.198 e. The maximum Gasteiger partial charge on any atom is 0.0689 e. The zero-order valence-corrected chi connectivity index (χ0v) is 16.9. The minimum atomic E-state index is 0.0348. The van der Waals surface area contributed by atoms with Crippen molar-refractivity contribution in [3.63, 3.8) is 0 Å². The molecule has 0 aromatic carbocycles. The maximum absolute atomic E-state index is 9.79. The highest BCUT2D eigenvalue weighted by Gasteiger charge is 2.40. The zero-order chi connectivity index (χ0) is 17.7. The number of nitrogens with zero attached hydrogens (tertiary/aromatic N) is 1. The van der Waals surface area contributed by atoms with Crippen LogP contribution in [0.15, 0.2) is 0 Å². The summed E-state index contributed by atoms with van der Waals surface area (Å²) in [4.78, 5) is 0. The van der Waals surface area contributed by atoms with E-state index in [0.717, 1.165) is 36.0 Å². The molecule has 0 aromatic rings. The predicted molar refractivity (Wildman–Crippen MR) is 106 cm³/mol. The van der Waals surface area contributed by atoms with Crippen molar-refractivity contribution in [2.75, 3.05) is 0 Å². The lowest BCUT2D eigenvalue weighted by molar-refractivity contribution is 0.0824. The first kappa shape index (κ1) is 19.3. The fourth-order valence-electron chi connectivity index (χ4n) is 6.83. The van der Waals surface area contributed by atoms with Crippen LogP contribution in [0, 0.1) is 46.3 Å². The van der Waals surface area contributed by atoms with Gasteiger partial charge in [-0.05, 0) is 87.4 Å². The minimum absolute atomic E-state index is 0.0348. The van der Waals surface area contributed by atoms with Crippen LogP contribution in [0.3, 0.4) is 0 Å². The maximum atomic E-state index is 9.79. The summed E-state index contributed by atoms with van der Waals surface area (Å²) in [6.45, 7) is 4.63. The third-order valence-corrected chi connectivity index (χ3v) is 8.47. The molecule has 0 bridgehead atoms. The molecule has 0 amide bonds.